The molecule has 6 nitrogen and oxygen atoms in total. The molecule has 1 saturated heterocycles. The maximum atomic E-state index is 11.1. The Morgan fingerprint density at radius 2 is 2.06 bits per heavy atom. The number of hydrogen-bond acceptors (Lipinski definition) is 3. The Kier molecular flexibility index (Phi) is 3.33. The van der Waals surface area contributed by atoms with Crippen LogP contribution in [0, 0.1) is 0 Å². The highest BCUT2D eigenvalue weighted by atomic mass is 32.2. The van der Waals surface area contributed by atoms with Crippen LogP contribution in [0.4, 0.5) is 0 Å². The van der Waals surface area contributed by atoms with Gasteiger partial charge >= 0.3 is 0 Å². The molecule has 0 bridgehead atoms. The van der Waals surface area contributed by atoms with Crippen molar-refractivity contribution >= 4 is 10.0 Å². The van der Waals surface area contributed by atoms with Crippen molar-refractivity contribution in [2.45, 2.75) is 12.5 Å². The first-order chi connectivity index (χ1) is 8.11. The molecule has 0 N–H and O–H groups in total. The van der Waals surface area contributed by atoms with Gasteiger partial charge in [0.15, 0.2) is 0 Å². The van der Waals surface area contributed by atoms with E-state index in [1.165, 1.54) is 0 Å². The monoisotopic (exact) mass is 253 g/mol. The van der Waals surface area contributed by atoms with E-state index in [1.807, 2.05) is 24.3 Å². The number of sulfonamides is 1. The molecular weight excluding hydrogens is 242 g/mol. The average molecular weight is 253 g/mol. The van der Waals surface area contributed by atoms with Crippen LogP contribution in [0.25, 0.3) is 10.4 Å². The van der Waals surface area contributed by atoms with Crippen LogP contribution in [0.15, 0.2) is 28.8 Å². The number of rotatable bonds is 5. The molecule has 1 aliphatic heterocycles. The lowest BCUT2D eigenvalue weighted by Gasteiger charge is -2.01. The van der Waals surface area contributed by atoms with Gasteiger partial charge in [-0.15, -0.1) is 0 Å². The second kappa shape index (κ2) is 4.75. The summed E-state index contributed by atoms with van der Waals surface area (Å²) in [6.07, 6.45) is 0.545. The van der Waals surface area contributed by atoms with Crippen molar-refractivity contribution in [1.29, 1.82) is 0 Å². The van der Waals surface area contributed by atoms with E-state index in [-0.39, 0.29) is 11.9 Å². The van der Waals surface area contributed by atoms with Gasteiger partial charge in [-0.3, -0.25) is 0 Å². The highest BCUT2D eigenvalue weighted by Gasteiger charge is 2.24. The van der Waals surface area contributed by atoms with Gasteiger partial charge in [0.25, 0.3) is 0 Å². The molecule has 1 aliphatic rings. The maximum Gasteiger partial charge on any atom is 0.235 e. The van der Waals surface area contributed by atoms with Gasteiger partial charge in [0.05, 0.1) is 12.4 Å². The summed E-state index contributed by atoms with van der Waals surface area (Å²) in [6, 6.07) is 7.58. The minimum Gasteiger partial charge on any atom is -0.368 e. The number of azide groups is 1. The van der Waals surface area contributed by atoms with E-state index >= 15 is 0 Å². The minimum absolute atomic E-state index is 0.170. The molecular formula is C10H11N3O3S. The average Bonchev–Trinajstić information content (AvgIpc) is 3.11. The smallest absolute Gasteiger partial charge is 0.235 e. The van der Waals surface area contributed by atoms with Crippen molar-refractivity contribution < 1.29 is 13.2 Å². The fourth-order valence-corrected chi connectivity index (χ4v) is 2.17. The number of aryl methyl sites for hydroxylation is 1. The van der Waals surface area contributed by atoms with Crippen LogP contribution in [0.1, 0.15) is 17.2 Å². The second-order valence-electron chi connectivity index (χ2n) is 3.77. The molecule has 0 aromatic heterocycles. The van der Waals surface area contributed by atoms with E-state index in [4.69, 9.17) is 10.3 Å². The van der Waals surface area contributed by atoms with Crippen LogP contribution in [0.3, 0.4) is 0 Å². The molecule has 2 rings (SSSR count). The standard InChI is InChI=1S/C10H11N3O3S/c11-12-13-17(14,15)6-5-8-1-3-9(4-2-8)10-7-16-10/h1-4,10H,5-7H2. The zero-order valence-electron chi connectivity index (χ0n) is 8.98. The Labute approximate surface area is 98.9 Å². The molecule has 1 aromatic carbocycles. The van der Waals surface area contributed by atoms with Crippen molar-refractivity contribution in [2.75, 3.05) is 12.4 Å². The summed E-state index contributed by atoms with van der Waals surface area (Å²) in [4.78, 5) is 2.29. The van der Waals surface area contributed by atoms with Crippen molar-refractivity contribution in [3.63, 3.8) is 0 Å². The number of benzene rings is 1. The predicted molar refractivity (Wildman–Crippen MR) is 61.8 cm³/mol. The predicted octanol–water partition coefficient (Wildman–Crippen LogP) is 1.94. The molecule has 7 heteroatoms. The third-order valence-corrected chi connectivity index (χ3v) is 3.54. The lowest BCUT2D eigenvalue weighted by molar-refractivity contribution is 0.415. The molecule has 0 saturated carbocycles. The minimum atomic E-state index is -3.66. The first kappa shape index (κ1) is 11.9. The highest BCUT2D eigenvalue weighted by molar-refractivity contribution is 7.89. The van der Waals surface area contributed by atoms with Gasteiger partial charge in [-0.25, -0.2) is 8.42 Å². The maximum absolute atomic E-state index is 11.1. The Bertz CT molecular complexity index is 543. The third kappa shape index (κ3) is 3.45. The topological polar surface area (TPSA) is 95.4 Å². The lowest BCUT2D eigenvalue weighted by atomic mass is 10.1. The quantitative estimate of drug-likeness (QED) is 0.347. The summed E-state index contributed by atoms with van der Waals surface area (Å²) in [7, 11) is -3.66. The van der Waals surface area contributed by atoms with Crippen molar-refractivity contribution in [3.05, 3.63) is 45.8 Å². The van der Waals surface area contributed by atoms with Crippen LogP contribution >= 0.6 is 0 Å². The molecule has 0 amide bonds. The van der Waals surface area contributed by atoms with Crippen LogP contribution in [-0.4, -0.2) is 20.8 Å². The molecule has 0 radical (unpaired) electrons. The lowest BCUT2D eigenvalue weighted by Crippen LogP contribution is -2.04. The van der Waals surface area contributed by atoms with Crippen molar-refractivity contribution in [1.82, 2.24) is 0 Å². The molecule has 90 valence electrons. The number of ether oxygens (including phenoxy) is 1. The SMILES string of the molecule is [N-]=[N+]=NS(=O)(=O)CCc1ccc(C2CO2)cc1. The summed E-state index contributed by atoms with van der Waals surface area (Å²) >= 11 is 0. The summed E-state index contributed by atoms with van der Waals surface area (Å²) in [5.41, 5.74) is 10.1. The van der Waals surface area contributed by atoms with Gasteiger partial charge in [-0.05, 0) is 23.1 Å². The first-order valence-corrected chi connectivity index (χ1v) is 6.71. The Morgan fingerprint density at radius 3 is 2.59 bits per heavy atom. The molecule has 1 fully saturated rings. The van der Waals surface area contributed by atoms with Crippen molar-refractivity contribution in [3.8, 4) is 0 Å². The molecule has 17 heavy (non-hydrogen) atoms. The van der Waals surface area contributed by atoms with Gasteiger partial charge in [0, 0.05) is 9.43 Å². The molecule has 1 heterocycles. The molecule has 1 aromatic rings. The number of hydrogen-bond donors (Lipinski definition) is 0. The first-order valence-electron chi connectivity index (χ1n) is 5.10. The zero-order chi connectivity index (χ0) is 12.3. The van der Waals surface area contributed by atoms with Gasteiger partial charge < -0.3 is 4.74 Å². The van der Waals surface area contributed by atoms with Gasteiger partial charge in [-0.2, -0.15) is 0 Å². The van der Waals surface area contributed by atoms with Gasteiger partial charge in [-0.1, -0.05) is 24.3 Å². The largest absolute Gasteiger partial charge is 0.368 e. The fraction of sp³-hybridized carbons (Fsp3) is 0.400. The van der Waals surface area contributed by atoms with E-state index in [1.54, 1.807) is 0 Å². The normalized spacial score (nSPS) is 18.5. The Balaban J connectivity index is 1.97. The number of epoxide rings is 1. The van der Waals surface area contributed by atoms with Crippen LogP contribution in [0.2, 0.25) is 0 Å². The Morgan fingerprint density at radius 1 is 1.41 bits per heavy atom. The molecule has 1 unspecified atom stereocenters. The molecule has 1 atom stereocenters. The van der Waals surface area contributed by atoms with Crippen LogP contribution in [0.5, 0.6) is 0 Å². The van der Waals surface area contributed by atoms with Crippen LogP contribution in [-0.2, 0) is 21.2 Å². The van der Waals surface area contributed by atoms with Gasteiger partial charge in [0.1, 0.15) is 6.10 Å². The van der Waals surface area contributed by atoms with Gasteiger partial charge in [0.2, 0.25) is 10.0 Å². The number of nitrogens with zero attached hydrogens (tertiary/aromatic N) is 3. The van der Waals surface area contributed by atoms with Crippen molar-refractivity contribution in [2.24, 2.45) is 4.52 Å². The van der Waals surface area contributed by atoms with E-state index in [2.05, 4.69) is 9.43 Å². The van der Waals surface area contributed by atoms with Crippen LogP contribution < -0.4 is 0 Å². The Hall–Kier alpha value is -1.56. The highest BCUT2D eigenvalue weighted by Crippen LogP contribution is 2.29. The van der Waals surface area contributed by atoms with E-state index in [0.717, 1.165) is 17.7 Å². The summed E-state index contributed by atoms with van der Waals surface area (Å²) in [5.74, 6) is -0.170. The van der Waals surface area contributed by atoms with E-state index < -0.39 is 10.0 Å². The summed E-state index contributed by atoms with van der Waals surface area (Å²) < 4.78 is 30.2. The van der Waals surface area contributed by atoms with E-state index in [0.29, 0.717) is 6.42 Å². The molecule has 0 spiro atoms. The summed E-state index contributed by atoms with van der Waals surface area (Å²) in [5, 5.41) is 0. The third-order valence-electron chi connectivity index (χ3n) is 2.49. The zero-order valence-corrected chi connectivity index (χ0v) is 9.80. The second-order valence-corrected chi connectivity index (χ2v) is 5.51. The molecule has 0 aliphatic carbocycles. The van der Waals surface area contributed by atoms with E-state index in [9.17, 15) is 8.42 Å². The summed E-state index contributed by atoms with van der Waals surface area (Å²) in [6.45, 7) is 0.755. The fourth-order valence-electron chi connectivity index (χ4n) is 1.48.